The van der Waals surface area contributed by atoms with Crippen LogP contribution in [0.4, 0.5) is 0 Å². The van der Waals surface area contributed by atoms with Gasteiger partial charge in [-0.3, -0.25) is 0 Å². The summed E-state index contributed by atoms with van der Waals surface area (Å²) in [5, 5.41) is 0. The van der Waals surface area contributed by atoms with Crippen molar-refractivity contribution in [1.29, 1.82) is 0 Å². The SMILES string of the molecule is CCCCCCCC[P+](CCCCCCCC)(CCCCCCCC)OC(=O)c1ccccc1. The molecule has 0 N–H and O–H groups in total. The molecular weight excluding hydrogens is 435 g/mol. The van der Waals surface area contributed by atoms with Crippen LogP contribution in [0.25, 0.3) is 0 Å². The molecule has 0 aliphatic carbocycles. The summed E-state index contributed by atoms with van der Waals surface area (Å²) < 4.78 is 6.58. The number of benzene rings is 1. The average Bonchev–Trinajstić information content (AvgIpc) is 2.86. The van der Waals surface area contributed by atoms with Crippen molar-refractivity contribution >= 4 is 13.5 Å². The van der Waals surface area contributed by atoms with E-state index in [1.165, 1.54) is 116 Å². The lowest BCUT2D eigenvalue weighted by molar-refractivity contribution is 0.0746. The van der Waals surface area contributed by atoms with Gasteiger partial charge in [-0.15, -0.1) is 0 Å². The minimum absolute atomic E-state index is 0.0723. The maximum atomic E-state index is 13.2. The Morgan fingerprint density at radius 1 is 0.559 bits per heavy atom. The molecule has 0 aliphatic heterocycles. The molecule has 196 valence electrons. The van der Waals surface area contributed by atoms with Crippen LogP contribution in [0.5, 0.6) is 0 Å². The molecule has 34 heavy (non-hydrogen) atoms. The van der Waals surface area contributed by atoms with Crippen molar-refractivity contribution in [2.45, 2.75) is 136 Å². The van der Waals surface area contributed by atoms with Gasteiger partial charge in [-0.05, 0) is 50.7 Å². The molecule has 0 saturated heterocycles. The monoisotopic (exact) mass is 491 g/mol. The van der Waals surface area contributed by atoms with Crippen molar-refractivity contribution in [2.75, 3.05) is 18.5 Å². The Morgan fingerprint density at radius 3 is 1.29 bits per heavy atom. The Kier molecular flexibility index (Phi) is 19.6. The predicted molar refractivity (Wildman–Crippen MR) is 154 cm³/mol. The molecule has 2 nitrogen and oxygen atoms in total. The summed E-state index contributed by atoms with van der Waals surface area (Å²) in [5.41, 5.74) is 0.723. The molecule has 0 radical (unpaired) electrons. The van der Waals surface area contributed by atoms with Gasteiger partial charge in [-0.1, -0.05) is 116 Å². The van der Waals surface area contributed by atoms with Crippen molar-refractivity contribution < 1.29 is 9.32 Å². The summed E-state index contributed by atoms with van der Waals surface area (Å²) >= 11 is 0. The smallest absolute Gasteiger partial charge is 0.308 e. The Hall–Kier alpha value is -0.880. The lowest BCUT2D eigenvalue weighted by Gasteiger charge is -2.26. The van der Waals surface area contributed by atoms with Gasteiger partial charge in [-0.25, -0.2) is 4.79 Å². The van der Waals surface area contributed by atoms with E-state index >= 15 is 0 Å². The molecule has 0 aliphatic rings. The average molecular weight is 492 g/mol. The van der Waals surface area contributed by atoms with Crippen molar-refractivity contribution in [3.05, 3.63) is 35.9 Å². The van der Waals surface area contributed by atoms with Gasteiger partial charge >= 0.3 is 5.97 Å². The first-order valence-corrected chi connectivity index (χ1v) is 17.1. The summed E-state index contributed by atoms with van der Waals surface area (Å²) in [7, 11) is -1.73. The first-order valence-electron chi connectivity index (χ1n) is 14.8. The van der Waals surface area contributed by atoms with Crippen LogP contribution in [0.3, 0.4) is 0 Å². The van der Waals surface area contributed by atoms with Crippen molar-refractivity contribution in [3.63, 3.8) is 0 Å². The van der Waals surface area contributed by atoms with Crippen molar-refractivity contribution in [3.8, 4) is 0 Å². The third-order valence-electron chi connectivity index (χ3n) is 7.04. The van der Waals surface area contributed by atoms with Crippen LogP contribution in [0.15, 0.2) is 30.3 Å². The van der Waals surface area contributed by atoms with E-state index in [0.29, 0.717) is 0 Å². The highest BCUT2D eigenvalue weighted by molar-refractivity contribution is 7.71. The van der Waals surface area contributed by atoms with Gasteiger partial charge in [0.2, 0.25) is 0 Å². The summed E-state index contributed by atoms with van der Waals surface area (Å²) in [6.07, 6.45) is 26.9. The summed E-state index contributed by atoms with van der Waals surface area (Å²) in [4.78, 5) is 13.2. The number of rotatable bonds is 23. The maximum absolute atomic E-state index is 13.2. The highest BCUT2D eigenvalue weighted by Crippen LogP contribution is 2.62. The zero-order valence-electron chi connectivity index (χ0n) is 23.0. The van der Waals surface area contributed by atoms with E-state index in [1.807, 2.05) is 30.3 Å². The van der Waals surface area contributed by atoms with Gasteiger partial charge in [0.1, 0.15) is 0 Å². The van der Waals surface area contributed by atoms with Crippen LogP contribution in [-0.4, -0.2) is 24.5 Å². The molecule has 0 aromatic heterocycles. The molecule has 1 rings (SSSR count). The van der Waals surface area contributed by atoms with Crippen molar-refractivity contribution in [1.82, 2.24) is 0 Å². The highest BCUT2D eigenvalue weighted by Gasteiger charge is 2.41. The highest BCUT2D eigenvalue weighted by atomic mass is 31.2. The Labute approximate surface area is 213 Å². The topological polar surface area (TPSA) is 26.3 Å². The first kappa shape index (κ1) is 31.2. The summed E-state index contributed by atoms with van der Waals surface area (Å²) in [5.74, 6) is -0.0723. The minimum Gasteiger partial charge on any atom is -0.308 e. The normalized spacial score (nSPS) is 11.6. The third kappa shape index (κ3) is 15.2. The fourth-order valence-corrected chi connectivity index (χ4v) is 8.62. The van der Waals surface area contributed by atoms with Crippen LogP contribution in [-0.2, 0) is 4.52 Å². The Balaban J connectivity index is 2.80. The van der Waals surface area contributed by atoms with Crippen LogP contribution >= 0.6 is 7.49 Å². The van der Waals surface area contributed by atoms with E-state index in [0.717, 1.165) is 24.0 Å². The molecule has 1 aromatic rings. The minimum atomic E-state index is -1.73. The molecule has 0 bridgehead atoms. The Bertz CT molecular complexity index is 546. The van der Waals surface area contributed by atoms with Crippen LogP contribution in [0, 0.1) is 0 Å². The fourth-order valence-electron chi connectivity index (χ4n) is 4.82. The molecule has 0 fully saturated rings. The van der Waals surface area contributed by atoms with Gasteiger partial charge in [0.15, 0.2) is 7.49 Å². The van der Waals surface area contributed by atoms with E-state index in [1.54, 1.807) is 0 Å². The molecule has 0 amide bonds. The molecule has 3 heteroatoms. The second kappa shape index (κ2) is 21.4. The predicted octanol–water partition coefficient (Wildman–Crippen LogP) is 10.9. The van der Waals surface area contributed by atoms with E-state index in [-0.39, 0.29) is 5.97 Å². The Morgan fingerprint density at radius 2 is 0.912 bits per heavy atom. The zero-order chi connectivity index (χ0) is 24.7. The van der Waals surface area contributed by atoms with Gasteiger partial charge in [0.25, 0.3) is 0 Å². The second-order valence-corrected chi connectivity index (χ2v) is 13.9. The number of carbonyl (C=O) groups excluding carboxylic acids is 1. The first-order chi connectivity index (χ1) is 16.7. The molecule has 0 saturated carbocycles. The molecule has 0 heterocycles. The number of hydrogen-bond donors (Lipinski definition) is 0. The van der Waals surface area contributed by atoms with Gasteiger partial charge in [0.05, 0.1) is 24.0 Å². The second-order valence-electron chi connectivity index (χ2n) is 10.3. The van der Waals surface area contributed by atoms with Crippen LogP contribution in [0.2, 0.25) is 0 Å². The van der Waals surface area contributed by atoms with Crippen LogP contribution in [0.1, 0.15) is 147 Å². The summed E-state index contributed by atoms with van der Waals surface area (Å²) in [6, 6.07) is 9.70. The van der Waals surface area contributed by atoms with E-state index < -0.39 is 7.49 Å². The standard InChI is InChI=1S/C31H56O2P/c1-4-7-10-13-16-22-27-34(28-23-17-14-11-8-5-2,29-24-18-15-12-9-6-3)33-31(32)30-25-20-19-21-26-30/h19-21,25-26H,4-18,22-24,27-29H2,1-3H3/q+1. The lowest BCUT2D eigenvalue weighted by atomic mass is 10.1. The largest absolute Gasteiger partial charge is 0.380 e. The number of hydrogen-bond acceptors (Lipinski definition) is 2. The van der Waals surface area contributed by atoms with E-state index in [9.17, 15) is 4.79 Å². The number of carbonyl (C=O) groups is 1. The van der Waals surface area contributed by atoms with Crippen molar-refractivity contribution in [2.24, 2.45) is 0 Å². The zero-order valence-corrected chi connectivity index (χ0v) is 23.9. The molecule has 0 atom stereocenters. The summed E-state index contributed by atoms with van der Waals surface area (Å²) in [6.45, 7) is 6.84. The van der Waals surface area contributed by atoms with Gasteiger partial charge < -0.3 is 4.52 Å². The van der Waals surface area contributed by atoms with Gasteiger partial charge in [0, 0.05) is 0 Å². The maximum Gasteiger partial charge on any atom is 0.380 e. The molecule has 1 aromatic carbocycles. The quantitative estimate of drug-likeness (QED) is 0.112. The van der Waals surface area contributed by atoms with E-state index in [2.05, 4.69) is 20.8 Å². The van der Waals surface area contributed by atoms with E-state index in [4.69, 9.17) is 4.52 Å². The third-order valence-corrected chi connectivity index (χ3v) is 11.0. The molecular formula is C31H56O2P+. The van der Waals surface area contributed by atoms with Gasteiger partial charge in [-0.2, -0.15) is 0 Å². The number of unbranched alkanes of at least 4 members (excludes halogenated alkanes) is 15. The lowest BCUT2D eigenvalue weighted by Crippen LogP contribution is -2.17. The molecule has 0 unspecified atom stereocenters. The molecule has 0 spiro atoms. The fraction of sp³-hybridized carbons (Fsp3) is 0.774. The van der Waals surface area contributed by atoms with Crippen LogP contribution < -0.4 is 0 Å².